The van der Waals surface area contributed by atoms with Crippen LogP contribution < -0.4 is 5.32 Å². The van der Waals surface area contributed by atoms with Crippen molar-refractivity contribution in [2.45, 2.75) is 6.92 Å². The Morgan fingerprint density at radius 2 is 2.28 bits per heavy atom. The van der Waals surface area contributed by atoms with Crippen LogP contribution in [0.5, 0.6) is 0 Å². The summed E-state index contributed by atoms with van der Waals surface area (Å²) < 4.78 is 4.95. The summed E-state index contributed by atoms with van der Waals surface area (Å²) in [5.74, 6) is -1.00. The topological polar surface area (TPSA) is 88.5 Å². The number of carbonyl (C=O) groups excluding carboxylic acids is 1. The Labute approximate surface area is 104 Å². The third kappa shape index (κ3) is 5.22. The predicted molar refractivity (Wildman–Crippen MR) is 66.0 cm³/mol. The van der Waals surface area contributed by atoms with E-state index in [1.54, 1.807) is 25.1 Å². The lowest BCUT2D eigenvalue weighted by Crippen LogP contribution is -2.18. The summed E-state index contributed by atoms with van der Waals surface area (Å²) >= 11 is 0. The van der Waals surface area contributed by atoms with Gasteiger partial charge in [-0.25, -0.2) is 9.78 Å². The molecule has 1 aromatic rings. The fourth-order valence-electron chi connectivity index (χ4n) is 1.14. The molecule has 0 spiro atoms. The van der Waals surface area contributed by atoms with E-state index in [4.69, 9.17) is 9.84 Å². The van der Waals surface area contributed by atoms with Gasteiger partial charge in [-0.2, -0.15) is 0 Å². The first kappa shape index (κ1) is 13.9. The van der Waals surface area contributed by atoms with E-state index >= 15 is 0 Å². The third-order valence-corrected chi connectivity index (χ3v) is 1.87. The first-order valence-electron chi connectivity index (χ1n) is 5.37. The maximum absolute atomic E-state index is 11.4. The number of amides is 1. The fraction of sp³-hybridized carbons (Fsp3) is 0.250. The van der Waals surface area contributed by atoms with Gasteiger partial charge in [-0.15, -0.1) is 0 Å². The van der Waals surface area contributed by atoms with Crippen LogP contribution in [-0.2, 0) is 14.3 Å². The highest BCUT2D eigenvalue weighted by molar-refractivity contribution is 5.91. The second-order valence-electron chi connectivity index (χ2n) is 3.30. The van der Waals surface area contributed by atoms with Crippen LogP contribution in [0.4, 0.5) is 5.82 Å². The minimum atomic E-state index is -1.05. The maximum atomic E-state index is 11.4. The number of pyridine rings is 1. The summed E-state index contributed by atoms with van der Waals surface area (Å²) in [5.41, 5.74) is 0.451. The SMILES string of the molecule is CCOCC(=O)Nc1cccc(C=CC(=O)O)n1. The van der Waals surface area contributed by atoms with Crippen molar-refractivity contribution >= 4 is 23.8 Å². The van der Waals surface area contributed by atoms with Crippen molar-refractivity contribution in [1.29, 1.82) is 0 Å². The van der Waals surface area contributed by atoms with E-state index in [1.807, 2.05) is 0 Å². The number of anilines is 1. The first-order chi connectivity index (χ1) is 8.61. The van der Waals surface area contributed by atoms with Crippen LogP contribution in [0.25, 0.3) is 6.08 Å². The molecular weight excluding hydrogens is 236 g/mol. The highest BCUT2D eigenvalue weighted by Crippen LogP contribution is 2.06. The van der Waals surface area contributed by atoms with Crippen molar-refractivity contribution in [1.82, 2.24) is 4.98 Å². The summed E-state index contributed by atoms with van der Waals surface area (Å²) in [6.07, 6.45) is 2.33. The Morgan fingerprint density at radius 3 is 2.94 bits per heavy atom. The molecule has 6 nitrogen and oxygen atoms in total. The lowest BCUT2D eigenvalue weighted by atomic mass is 10.3. The van der Waals surface area contributed by atoms with Crippen LogP contribution in [0, 0.1) is 0 Å². The van der Waals surface area contributed by atoms with Crippen molar-refractivity contribution in [3.05, 3.63) is 30.0 Å². The summed E-state index contributed by atoms with van der Waals surface area (Å²) in [6.45, 7) is 2.22. The van der Waals surface area contributed by atoms with Gasteiger partial charge in [-0.3, -0.25) is 4.79 Å². The van der Waals surface area contributed by atoms with Gasteiger partial charge in [0.1, 0.15) is 12.4 Å². The monoisotopic (exact) mass is 250 g/mol. The molecule has 0 radical (unpaired) electrons. The Hall–Kier alpha value is -2.21. The summed E-state index contributed by atoms with van der Waals surface area (Å²) in [6, 6.07) is 4.92. The second kappa shape index (κ2) is 7.18. The van der Waals surface area contributed by atoms with E-state index in [1.165, 1.54) is 6.08 Å². The van der Waals surface area contributed by atoms with Crippen molar-refractivity contribution in [2.24, 2.45) is 0 Å². The van der Waals surface area contributed by atoms with Gasteiger partial charge >= 0.3 is 5.97 Å². The smallest absolute Gasteiger partial charge is 0.328 e. The average Bonchev–Trinajstić information content (AvgIpc) is 2.34. The standard InChI is InChI=1S/C12H14N2O4/c1-2-18-8-11(15)14-10-5-3-4-9(13-10)6-7-12(16)17/h3-7H,2,8H2,1H3,(H,16,17)(H,13,14,15). The first-order valence-corrected chi connectivity index (χ1v) is 5.37. The highest BCUT2D eigenvalue weighted by Gasteiger charge is 2.03. The van der Waals surface area contributed by atoms with Crippen LogP contribution in [0.2, 0.25) is 0 Å². The molecule has 0 aliphatic carbocycles. The molecule has 0 fully saturated rings. The number of nitrogens with zero attached hydrogens (tertiary/aromatic N) is 1. The van der Waals surface area contributed by atoms with Crippen molar-refractivity contribution in [3.8, 4) is 0 Å². The van der Waals surface area contributed by atoms with Crippen LogP contribution in [0.1, 0.15) is 12.6 Å². The minimum absolute atomic E-state index is 0.0344. The average molecular weight is 250 g/mol. The van der Waals surface area contributed by atoms with Crippen LogP contribution >= 0.6 is 0 Å². The summed E-state index contributed by atoms with van der Waals surface area (Å²) in [5, 5.41) is 11.0. The molecule has 1 aromatic heterocycles. The largest absolute Gasteiger partial charge is 0.478 e. The Bertz CT molecular complexity index is 457. The number of carboxylic acids is 1. The quantitative estimate of drug-likeness (QED) is 0.739. The summed E-state index contributed by atoms with van der Waals surface area (Å²) in [7, 11) is 0. The molecule has 0 aliphatic rings. The Balaban J connectivity index is 2.64. The van der Waals surface area contributed by atoms with E-state index in [0.717, 1.165) is 6.08 Å². The van der Waals surface area contributed by atoms with Crippen molar-refractivity contribution < 1.29 is 19.4 Å². The summed E-state index contributed by atoms with van der Waals surface area (Å²) in [4.78, 5) is 25.8. The molecular formula is C12H14N2O4. The number of hydrogen-bond donors (Lipinski definition) is 2. The predicted octanol–water partition coefficient (Wildman–Crippen LogP) is 1.15. The molecule has 1 heterocycles. The van der Waals surface area contributed by atoms with Gasteiger partial charge < -0.3 is 15.2 Å². The highest BCUT2D eigenvalue weighted by atomic mass is 16.5. The molecule has 2 N–H and O–H groups in total. The number of ether oxygens (including phenoxy) is 1. The molecule has 0 aliphatic heterocycles. The van der Waals surface area contributed by atoms with Crippen molar-refractivity contribution in [2.75, 3.05) is 18.5 Å². The zero-order valence-corrected chi connectivity index (χ0v) is 9.92. The van der Waals surface area contributed by atoms with Crippen LogP contribution in [0.3, 0.4) is 0 Å². The lowest BCUT2D eigenvalue weighted by molar-refractivity contribution is -0.131. The number of aliphatic carboxylic acids is 1. The molecule has 1 rings (SSSR count). The number of aromatic nitrogens is 1. The molecule has 1 amide bonds. The van der Waals surface area contributed by atoms with Gasteiger partial charge in [0.25, 0.3) is 5.91 Å². The molecule has 6 heteroatoms. The molecule has 0 bridgehead atoms. The number of carboxylic acid groups (broad SMARTS) is 1. The van der Waals surface area contributed by atoms with Gasteiger partial charge in [0.05, 0.1) is 5.69 Å². The molecule has 0 aromatic carbocycles. The van der Waals surface area contributed by atoms with E-state index < -0.39 is 5.97 Å². The van der Waals surface area contributed by atoms with Crippen molar-refractivity contribution in [3.63, 3.8) is 0 Å². The number of hydrogen-bond acceptors (Lipinski definition) is 4. The fourth-order valence-corrected chi connectivity index (χ4v) is 1.14. The molecule has 0 saturated heterocycles. The molecule has 0 atom stereocenters. The van der Waals surface area contributed by atoms with E-state index in [0.29, 0.717) is 18.1 Å². The Kier molecular flexibility index (Phi) is 5.53. The maximum Gasteiger partial charge on any atom is 0.328 e. The molecule has 96 valence electrons. The van der Waals surface area contributed by atoms with Crippen LogP contribution in [0.15, 0.2) is 24.3 Å². The third-order valence-electron chi connectivity index (χ3n) is 1.87. The van der Waals surface area contributed by atoms with Gasteiger partial charge in [-0.05, 0) is 25.1 Å². The molecule has 18 heavy (non-hydrogen) atoms. The number of rotatable bonds is 6. The lowest BCUT2D eigenvalue weighted by Gasteiger charge is -2.04. The minimum Gasteiger partial charge on any atom is -0.478 e. The van der Waals surface area contributed by atoms with Gasteiger partial charge in [-0.1, -0.05) is 6.07 Å². The van der Waals surface area contributed by atoms with Gasteiger partial charge in [0.15, 0.2) is 0 Å². The van der Waals surface area contributed by atoms with Crippen LogP contribution in [-0.4, -0.2) is 35.2 Å². The Morgan fingerprint density at radius 1 is 1.50 bits per heavy atom. The zero-order valence-electron chi connectivity index (χ0n) is 9.92. The van der Waals surface area contributed by atoms with Gasteiger partial charge in [0.2, 0.25) is 0 Å². The second-order valence-corrected chi connectivity index (χ2v) is 3.30. The van der Waals surface area contributed by atoms with Gasteiger partial charge in [0, 0.05) is 12.7 Å². The van der Waals surface area contributed by atoms with E-state index in [9.17, 15) is 9.59 Å². The number of nitrogens with one attached hydrogen (secondary N) is 1. The molecule has 0 saturated carbocycles. The number of carbonyl (C=O) groups is 2. The zero-order chi connectivity index (χ0) is 13.4. The van der Waals surface area contributed by atoms with E-state index in [2.05, 4.69) is 10.3 Å². The molecule has 0 unspecified atom stereocenters. The van der Waals surface area contributed by atoms with E-state index in [-0.39, 0.29) is 12.5 Å². The normalized spacial score (nSPS) is 10.5.